The number of carbonyl (C=O) groups excluding carboxylic acids is 1. The average molecular weight is 316 g/mol. The van der Waals surface area contributed by atoms with Crippen molar-refractivity contribution in [1.82, 2.24) is 10.2 Å². The van der Waals surface area contributed by atoms with Crippen LogP contribution in [0.5, 0.6) is 0 Å². The van der Waals surface area contributed by atoms with E-state index >= 15 is 0 Å². The smallest absolute Gasteiger partial charge is 0.238 e. The van der Waals surface area contributed by atoms with E-state index in [9.17, 15) is 17.8 Å². The summed E-state index contributed by atoms with van der Waals surface area (Å²) in [6.45, 7) is 1.95. The van der Waals surface area contributed by atoms with Crippen molar-refractivity contribution in [3.8, 4) is 0 Å². The van der Waals surface area contributed by atoms with Crippen molar-refractivity contribution < 1.29 is 17.8 Å². The van der Waals surface area contributed by atoms with Crippen LogP contribution in [0, 0.1) is 11.6 Å². The largest absolute Gasteiger partial charge is 0.319 e. The summed E-state index contributed by atoms with van der Waals surface area (Å²) in [5.74, 6) is -0.998. The number of rotatable bonds is 5. The van der Waals surface area contributed by atoms with Crippen LogP contribution in [-0.4, -0.2) is 39.6 Å². The molecule has 1 N–H and O–H groups in total. The minimum Gasteiger partial charge on any atom is -0.319 e. The zero-order valence-electron chi connectivity index (χ0n) is 11.9. The highest BCUT2D eigenvalue weighted by atomic mass is 32.2. The van der Waals surface area contributed by atoms with Gasteiger partial charge in [-0.1, -0.05) is 0 Å². The number of benzene rings is 1. The van der Waals surface area contributed by atoms with Gasteiger partial charge in [-0.2, -0.15) is 0 Å². The van der Waals surface area contributed by atoms with E-state index in [-0.39, 0.29) is 24.1 Å². The zero-order chi connectivity index (χ0) is 15.6. The summed E-state index contributed by atoms with van der Waals surface area (Å²) in [6.07, 6.45) is 1.56. The summed E-state index contributed by atoms with van der Waals surface area (Å²) in [6, 6.07) is 3.15. The van der Waals surface area contributed by atoms with E-state index in [1.54, 1.807) is 11.2 Å². The third-order valence-corrected chi connectivity index (χ3v) is 4.38. The Balaban J connectivity index is 2.21. The van der Waals surface area contributed by atoms with Gasteiger partial charge in [0, 0.05) is 40.5 Å². The zero-order valence-corrected chi connectivity index (χ0v) is 12.8. The molecular weight excluding hydrogens is 298 g/mol. The van der Waals surface area contributed by atoms with Gasteiger partial charge in [0.2, 0.25) is 5.91 Å². The lowest BCUT2D eigenvalue weighted by molar-refractivity contribution is -0.130. The Hall–Kier alpha value is -1.34. The predicted molar refractivity (Wildman–Crippen MR) is 77.0 cm³/mol. The first-order chi connectivity index (χ1) is 9.90. The maximum Gasteiger partial charge on any atom is 0.238 e. The van der Waals surface area contributed by atoms with Crippen LogP contribution in [0.2, 0.25) is 0 Å². The Kier molecular flexibility index (Phi) is 5.05. The minimum atomic E-state index is -0.943. The molecule has 1 heterocycles. The second kappa shape index (κ2) is 6.62. The molecule has 1 aliphatic rings. The Bertz CT molecular complexity index is 568. The van der Waals surface area contributed by atoms with Gasteiger partial charge in [0.15, 0.2) is 0 Å². The minimum absolute atomic E-state index is 0.112. The summed E-state index contributed by atoms with van der Waals surface area (Å²) >= 11 is 0. The van der Waals surface area contributed by atoms with Crippen LogP contribution in [0.15, 0.2) is 18.2 Å². The Morgan fingerprint density at radius 3 is 2.81 bits per heavy atom. The van der Waals surface area contributed by atoms with E-state index in [2.05, 4.69) is 5.32 Å². The molecule has 0 spiro atoms. The van der Waals surface area contributed by atoms with E-state index in [0.29, 0.717) is 12.2 Å². The predicted octanol–water partition coefficient (Wildman–Crippen LogP) is 1.55. The fraction of sp³-hybridized carbons (Fsp3) is 0.500. The maximum absolute atomic E-state index is 13.9. The molecule has 1 aliphatic heterocycles. The van der Waals surface area contributed by atoms with Gasteiger partial charge in [-0.3, -0.25) is 14.3 Å². The van der Waals surface area contributed by atoms with Crippen LogP contribution in [0.25, 0.3) is 0 Å². The van der Waals surface area contributed by atoms with Crippen molar-refractivity contribution >= 4 is 16.7 Å². The molecule has 0 radical (unpaired) electrons. The SMILES string of the molecule is CC(CCS(C)=O)N1C(=O)CNC1c1ccc(F)cc1F. The van der Waals surface area contributed by atoms with Gasteiger partial charge < -0.3 is 4.90 Å². The highest BCUT2D eigenvalue weighted by Crippen LogP contribution is 2.28. The van der Waals surface area contributed by atoms with E-state index in [1.165, 1.54) is 12.1 Å². The lowest BCUT2D eigenvalue weighted by atomic mass is 10.1. The second-order valence-electron chi connectivity index (χ2n) is 5.17. The summed E-state index contributed by atoms with van der Waals surface area (Å²) < 4.78 is 38.1. The van der Waals surface area contributed by atoms with E-state index in [1.807, 2.05) is 6.92 Å². The average Bonchev–Trinajstić information content (AvgIpc) is 2.78. The normalized spacial score (nSPS) is 21.6. The van der Waals surface area contributed by atoms with Gasteiger partial charge in [-0.25, -0.2) is 8.78 Å². The highest BCUT2D eigenvalue weighted by Gasteiger charge is 2.36. The van der Waals surface area contributed by atoms with Gasteiger partial charge in [0.05, 0.1) is 6.54 Å². The molecule has 1 amide bonds. The van der Waals surface area contributed by atoms with Crippen molar-refractivity contribution in [2.45, 2.75) is 25.6 Å². The molecule has 1 aromatic rings. The third-order valence-electron chi connectivity index (χ3n) is 3.57. The quantitative estimate of drug-likeness (QED) is 0.897. The van der Waals surface area contributed by atoms with Gasteiger partial charge in [0.25, 0.3) is 0 Å². The highest BCUT2D eigenvalue weighted by molar-refractivity contribution is 7.84. The molecule has 3 unspecified atom stereocenters. The molecular formula is C14H18F2N2O2S. The van der Waals surface area contributed by atoms with Crippen LogP contribution in [0.3, 0.4) is 0 Å². The fourth-order valence-corrected chi connectivity index (χ4v) is 3.15. The molecule has 3 atom stereocenters. The van der Waals surface area contributed by atoms with Gasteiger partial charge in [-0.05, 0) is 25.5 Å². The van der Waals surface area contributed by atoms with Gasteiger partial charge in [0.1, 0.15) is 17.8 Å². The Morgan fingerprint density at radius 2 is 2.19 bits per heavy atom. The summed E-state index contributed by atoms with van der Waals surface area (Å²) in [5.41, 5.74) is 0.242. The van der Waals surface area contributed by atoms with Crippen LogP contribution in [0.4, 0.5) is 8.78 Å². The molecule has 1 fully saturated rings. The van der Waals surface area contributed by atoms with Crippen molar-refractivity contribution in [2.75, 3.05) is 18.6 Å². The number of carbonyl (C=O) groups is 1. The monoisotopic (exact) mass is 316 g/mol. The molecule has 1 aromatic carbocycles. The van der Waals surface area contributed by atoms with Crippen LogP contribution in [0.1, 0.15) is 25.1 Å². The topological polar surface area (TPSA) is 49.4 Å². The molecule has 0 aliphatic carbocycles. The lowest BCUT2D eigenvalue weighted by Crippen LogP contribution is -2.39. The molecule has 1 saturated heterocycles. The first kappa shape index (κ1) is 16.0. The number of hydrogen-bond acceptors (Lipinski definition) is 3. The summed E-state index contributed by atoms with van der Waals surface area (Å²) in [4.78, 5) is 13.6. The van der Waals surface area contributed by atoms with E-state index in [0.717, 1.165) is 6.07 Å². The van der Waals surface area contributed by atoms with Crippen LogP contribution < -0.4 is 5.32 Å². The molecule has 7 heteroatoms. The molecule has 21 heavy (non-hydrogen) atoms. The Morgan fingerprint density at radius 1 is 1.48 bits per heavy atom. The summed E-state index contributed by atoms with van der Waals surface area (Å²) in [7, 11) is -0.943. The number of halogens is 2. The van der Waals surface area contributed by atoms with Crippen LogP contribution >= 0.6 is 0 Å². The molecule has 0 aromatic heterocycles. The molecule has 116 valence electrons. The van der Waals surface area contributed by atoms with Gasteiger partial charge >= 0.3 is 0 Å². The van der Waals surface area contributed by atoms with Crippen molar-refractivity contribution in [3.05, 3.63) is 35.4 Å². The fourth-order valence-electron chi connectivity index (χ4n) is 2.48. The Labute approximate surface area is 125 Å². The van der Waals surface area contributed by atoms with Gasteiger partial charge in [-0.15, -0.1) is 0 Å². The standard InChI is InChI=1S/C14H18F2N2O2S/c1-9(5-6-21(2)20)18-13(19)8-17-14(18)11-4-3-10(15)7-12(11)16/h3-4,7,9,14,17H,5-6,8H2,1-2H3. The molecule has 4 nitrogen and oxygen atoms in total. The number of nitrogens with one attached hydrogen (secondary N) is 1. The van der Waals surface area contributed by atoms with Crippen molar-refractivity contribution in [1.29, 1.82) is 0 Å². The first-order valence-corrected chi connectivity index (χ1v) is 8.42. The molecule has 0 saturated carbocycles. The number of hydrogen-bond donors (Lipinski definition) is 1. The second-order valence-corrected chi connectivity index (χ2v) is 6.72. The lowest BCUT2D eigenvalue weighted by Gasteiger charge is -2.30. The third kappa shape index (κ3) is 3.65. The van der Waals surface area contributed by atoms with Crippen molar-refractivity contribution in [3.63, 3.8) is 0 Å². The molecule has 0 bridgehead atoms. The van der Waals surface area contributed by atoms with E-state index in [4.69, 9.17) is 0 Å². The van der Waals surface area contributed by atoms with Crippen molar-refractivity contribution in [2.24, 2.45) is 0 Å². The first-order valence-electron chi connectivity index (χ1n) is 6.69. The summed E-state index contributed by atoms with van der Waals surface area (Å²) in [5, 5.41) is 2.94. The number of amides is 1. The molecule has 2 rings (SSSR count). The maximum atomic E-state index is 13.9. The number of nitrogens with zero attached hydrogens (tertiary/aromatic N) is 1. The van der Waals surface area contributed by atoms with Crippen LogP contribution in [-0.2, 0) is 15.6 Å². The van der Waals surface area contributed by atoms with E-state index < -0.39 is 28.6 Å².